The number of aromatic nitrogens is 1. The Morgan fingerprint density at radius 1 is 1.12 bits per heavy atom. The van der Waals surface area contributed by atoms with Gasteiger partial charge in [-0.1, -0.05) is 0 Å². The molecule has 34 heavy (non-hydrogen) atoms. The molecule has 0 radical (unpaired) electrons. The van der Waals surface area contributed by atoms with Gasteiger partial charge < -0.3 is 4.90 Å². The van der Waals surface area contributed by atoms with Crippen LogP contribution in [0.15, 0.2) is 18.3 Å². The minimum Gasteiger partial charge on any atom is -0.354 e. The second-order valence-electron chi connectivity index (χ2n) is 11.0. The molecule has 2 atom stereocenters. The lowest BCUT2D eigenvalue weighted by atomic mass is 9.54. The van der Waals surface area contributed by atoms with Crippen molar-refractivity contribution in [3.05, 3.63) is 23.9 Å². The van der Waals surface area contributed by atoms with Crippen LogP contribution in [0.25, 0.3) is 0 Å². The molecule has 5 fully saturated rings. The number of amidine groups is 1. The van der Waals surface area contributed by atoms with Gasteiger partial charge in [0.1, 0.15) is 11.7 Å². The molecule has 6 nitrogen and oxygen atoms in total. The first-order chi connectivity index (χ1) is 16.4. The summed E-state index contributed by atoms with van der Waals surface area (Å²) in [4.78, 5) is 9.82. The van der Waals surface area contributed by atoms with E-state index < -0.39 is 17.3 Å². The molecular formula is C25H33F3N6. The average molecular weight is 476 g/mol. The van der Waals surface area contributed by atoms with Crippen LogP contribution in [0.4, 0.5) is 19.0 Å². The molecule has 1 aromatic rings. The van der Waals surface area contributed by atoms with Crippen molar-refractivity contribution in [3.63, 3.8) is 0 Å². The van der Waals surface area contributed by atoms with Crippen molar-refractivity contribution in [2.75, 3.05) is 31.1 Å². The fourth-order valence-electron chi connectivity index (χ4n) is 6.96. The van der Waals surface area contributed by atoms with Crippen molar-refractivity contribution in [2.24, 2.45) is 23.6 Å². The van der Waals surface area contributed by atoms with Gasteiger partial charge in [0.2, 0.25) is 0 Å². The third-order valence-electron chi connectivity index (χ3n) is 8.61. The lowest BCUT2D eigenvalue weighted by Gasteiger charge is -2.57. The highest BCUT2D eigenvalue weighted by atomic mass is 19.4. The Morgan fingerprint density at radius 2 is 1.76 bits per heavy atom. The molecule has 4 saturated carbocycles. The van der Waals surface area contributed by atoms with Gasteiger partial charge in [-0.05, 0) is 81.7 Å². The Bertz CT molecular complexity index is 996. The van der Waals surface area contributed by atoms with Crippen LogP contribution in [0.5, 0.6) is 0 Å². The van der Waals surface area contributed by atoms with Gasteiger partial charge in [0.05, 0.1) is 17.1 Å². The van der Waals surface area contributed by atoms with E-state index in [9.17, 15) is 18.4 Å². The van der Waals surface area contributed by atoms with Crippen LogP contribution in [0, 0.1) is 40.5 Å². The fourth-order valence-corrected chi connectivity index (χ4v) is 6.96. The van der Waals surface area contributed by atoms with Crippen LogP contribution < -0.4 is 4.90 Å². The number of halogens is 3. The quantitative estimate of drug-likeness (QED) is 0.299. The monoisotopic (exact) mass is 475 g/mol. The first-order valence-corrected chi connectivity index (χ1v) is 12.2. The maximum absolute atomic E-state index is 12.8. The summed E-state index contributed by atoms with van der Waals surface area (Å²) in [6.07, 6.45) is 3.59. The van der Waals surface area contributed by atoms with Crippen LogP contribution in [-0.2, 0) is 6.18 Å². The van der Waals surface area contributed by atoms with E-state index in [1.54, 1.807) is 4.90 Å². The van der Waals surface area contributed by atoms with Crippen molar-refractivity contribution in [1.29, 1.82) is 10.7 Å². The molecule has 2 heterocycles. The third kappa shape index (κ3) is 4.04. The summed E-state index contributed by atoms with van der Waals surface area (Å²) in [5, 5.41) is 19.2. The summed E-state index contributed by atoms with van der Waals surface area (Å²) in [6.45, 7) is 6.36. The van der Waals surface area contributed by atoms with Crippen molar-refractivity contribution < 1.29 is 14.5 Å². The zero-order valence-corrected chi connectivity index (χ0v) is 19.8. The molecule has 6 rings (SSSR count). The number of pyridine rings is 1. The normalized spacial score (nSPS) is 34.0. The van der Waals surface area contributed by atoms with Crippen molar-refractivity contribution in [2.45, 2.75) is 63.7 Å². The number of rotatable bonds is 4. The average Bonchev–Trinajstić information content (AvgIpc) is 2.79. The lowest BCUT2D eigenvalue weighted by Crippen LogP contribution is -2.64. The summed E-state index contributed by atoms with van der Waals surface area (Å²) < 4.78 is 47.3. The number of piperazine rings is 1. The van der Waals surface area contributed by atoms with Gasteiger partial charge in [0.25, 0.3) is 0 Å². The fraction of sp³-hybridized carbons (Fsp3) is 0.720. The minimum absolute atomic E-state index is 0.0134. The standard InChI is InChI=1S/C25H33F3N6/c1-24(2,23(30)34(15-29)22-18-10-16-9-17(12-18)13-19(22)11-16)33-7-5-32(6-8-33)21-4-3-20(14-31-21)25(26,27)28/h3-4,14,16-19,22,30H,5-13H2,1-2H3/i16D. The SMILES string of the molecule is [2H]C12CC3CC(C1)C(N(C#N)C(=N)C(C)(C)N1CCN(c4ccc(C(F)(F)F)cn4)CC1)C(C3)C2. The highest BCUT2D eigenvalue weighted by Gasteiger charge is 2.52. The Labute approximate surface area is 200 Å². The minimum atomic E-state index is -4.40. The first kappa shape index (κ1) is 22.1. The topological polar surface area (TPSA) is 70.2 Å². The maximum atomic E-state index is 12.8. The van der Waals surface area contributed by atoms with E-state index >= 15 is 0 Å². The van der Waals surface area contributed by atoms with Crippen LogP contribution in [0.3, 0.4) is 0 Å². The van der Waals surface area contributed by atoms with Crippen LogP contribution in [0.1, 0.15) is 52.9 Å². The molecule has 1 aliphatic heterocycles. The second-order valence-corrected chi connectivity index (χ2v) is 11.0. The molecule has 0 aromatic carbocycles. The predicted molar refractivity (Wildman–Crippen MR) is 123 cm³/mol. The third-order valence-corrected chi connectivity index (χ3v) is 8.61. The Morgan fingerprint density at radius 3 is 2.26 bits per heavy atom. The molecular weight excluding hydrogens is 441 g/mol. The molecule has 2 unspecified atom stereocenters. The number of alkyl halides is 3. The Hall–Kier alpha value is -2.34. The van der Waals surface area contributed by atoms with Gasteiger partial charge in [-0.25, -0.2) is 4.98 Å². The predicted octanol–water partition coefficient (Wildman–Crippen LogP) is 4.59. The zero-order chi connectivity index (χ0) is 25.2. The molecule has 0 spiro atoms. The molecule has 4 aliphatic carbocycles. The van der Waals surface area contributed by atoms with E-state index in [2.05, 4.69) is 16.1 Å². The largest absolute Gasteiger partial charge is 0.417 e. The molecule has 1 N–H and O–H groups in total. The molecule has 184 valence electrons. The number of nitrogens with one attached hydrogen (secondary N) is 1. The van der Waals surface area contributed by atoms with Crippen LogP contribution in [-0.4, -0.2) is 58.4 Å². The molecule has 0 amide bonds. The number of hydrogen-bond donors (Lipinski definition) is 1. The summed E-state index contributed by atoms with van der Waals surface area (Å²) >= 11 is 0. The van der Waals surface area contributed by atoms with Gasteiger partial charge in [-0.15, -0.1) is 0 Å². The summed E-state index contributed by atoms with van der Waals surface area (Å²) in [6, 6.07) is 2.49. The highest BCUT2D eigenvalue weighted by molar-refractivity contribution is 5.89. The molecule has 1 aromatic heterocycles. The van der Waals surface area contributed by atoms with Crippen LogP contribution >= 0.6 is 0 Å². The number of nitrogens with zero attached hydrogens (tertiary/aromatic N) is 5. The highest BCUT2D eigenvalue weighted by Crippen LogP contribution is 2.55. The van der Waals surface area contributed by atoms with Crippen molar-refractivity contribution in [1.82, 2.24) is 14.8 Å². The van der Waals surface area contributed by atoms with Crippen molar-refractivity contribution >= 4 is 11.7 Å². The molecule has 5 aliphatic rings. The van der Waals surface area contributed by atoms with E-state index in [1.165, 1.54) is 6.07 Å². The van der Waals surface area contributed by atoms with Crippen molar-refractivity contribution in [3.8, 4) is 6.19 Å². The smallest absolute Gasteiger partial charge is 0.354 e. The van der Waals surface area contributed by atoms with E-state index in [0.717, 1.165) is 44.4 Å². The molecule has 1 saturated heterocycles. The zero-order valence-electron chi connectivity index (χ0n) is 20.8. The van der Waals surface area contributed by atoms with Gasteiger partial charge >= 0.3 is 6.18 Å². The number of anilines is 1. The van der Waals surface area contributed by atoms with Gasteiger partial charge in [-0.2, -0.15) is 18.4 Å². The van der Waals surface area contributed by atoms with E-state index in [-0.39, 0.29) is 11.9 Å². The van der Waals surface area contributed by atoms with Gasteiger partial charge in [0, 0.05) is 33.7 Å². The van der Waals surface area contributed by atoms with Gasteiger partial charge in [0.15, 0.2) is 6.19 Å². The summed E-state index contributed by atoms with van der Waals surface area (Å²) in [7, 11) is 0. The van der Waals surface area contributed by atoms with Crippen LogP contribution in [0.2, 0.25) is 0 Å². The van der Waals surface area contributed by atoms with Gasteiger partial charge in [-0.3, -0.25) is 15.2 Å². The molecule has 4 bridgehead atoms. The first-order valence-electron chi connectivity index (χ1n) is 12.7. The lowest BCUT2D eigenvalue weighted by molar-refractivity contribution is -0.137. The summed E-state index contributed by atoms with van der Waals surface area (Å²) in [5.74, 6) is 1.68. The van der Waals surface area contributed by atoms with E-state index in [1.807, 2.05) is 18.7 Å². The Kier molecular flexibility index (Phi) is 5.47. The Balaban J connectivity index is 1.25. The van der Waals surface area contributed by atoms with E-state index in [4.69, 9.17) is 6.78 Å². The second kappa shape index (κ2) is 8.40. The molecule has 9 heteroatoms. The maximum Gasteiger partial charge on any atom is 0.417 e. The number of hydrogen-bond acceptors (Lipinski definition) is 5. The summed E-state index contributed by atoms with van der Waals surface area (Å²) in [5.41, 5.74) is -1.42. The van der Waals surface area contributed by atoms with E-state index in [0.29, 0.717) is 55.6 Å². The number of nitriles is 1.